The first-order valence-electron chi connectivity index (χ1n) is 5.60. The molecule has 94 valence electrons. The third-order valence-corrected chi connectivity index (χ3v) is 3.20. The summed E-state index contributed by atoms with van der Waals surface area (Å²) in [6, 6.07) is 4.56. The minimum atomic E-state index is -0.333. The van der Waals surface area contributed by atoms with E-state index in [-0.39, 0.29) is 5.82 Å². The molecule has 0 bridgehead atoms. The highest BCUT2D eigenvalue weighted by atomic mass is 79.9. The fourth-order valence-corrected chi connectivity index (χ4v) is 2.20. The van der Waals surface area contributed by atoms with Gasteiger partial charge in [0.15, 0.2) is 5.82 Å². The molecule has 2 N–H and O–H groups in total. The molecular weight excluding hydrogens is 297 g/mol. The molecule has 0 aliphatic rings. The molecule has 0 atom stereocenters. The summed E-state index contributed by atoms with van der Waals surface area (Å²) in [4.78, 5) is 8.64. The molecule has 0 aliphatic carbocycles. The molecule has 1 heterocycles. The number of hydrogen-bond donors (Lipinski definition) is 1. The third-order valence-electron chi connectivity index (χ3n) is 2.74. The summed E-state index contributed by atoms with van der Waals surface area (Å²) in [5.41, 5.74) is 8.24. The van der Waals surface area contributed by atoms with Gasteiger partial charge in [-0.3, -0.25) is 0 Å². The Hall–Kier alpha value is -1.49. The van der Waals surface area contributed by atoms with Gasteiger partial charge in [-0.2, -0.15) is 0 Å². The summed E-state index contributed by atoms with van der Waals surface area (Å²) in [6.45, 7) is 3.89. The van der Waals surface area contributed by atoms with Crippen molar-refractivity contribution in [2.75, 3.05) is 5.73 Å². The number of aryl methyl sites for hydroxylation is 1. The van der Waals surface area contributed by atoms with E-state index in [1.807, 2.05) is 13.8 Å². The molecular formula is C13H13BrFN3. The van der Waals surface area contributed by atoms with Crippen LogP contribution in [0.15, 0.2) is 22.7 Å². The van der Waals surface area contributed by atoms with Crippen molar-refractivity contribution in [1.29, 1.82) is 0 Å². The fraction of sp³-hybridized carbons (Fsp3) is 0.231. The van der Waals surface area contributed by atoms with Crippen molar-refractivity contribution in [3.8, 4) is 11.4 Å². The topological polar surface area (TPSA) is 51.8 Å². The summed E-state index contributed by atoms with van der Waals surface area (Å²) >= 11 is 3.25. The molecule has 0 aliphatic heterocycles. The van der Waals surface area contributed by atoms with E-state index in [0.717, 1.165) is 17.7 Å². The normalized spacial score (nSPS) is 10.7. The second kappa shape index (κ2) is 5.02. The lowest BCUT2D eigenvalue weighted by Crippen LogP contribution is -2.04. The molecule has 2 aromatic rings. The molecule has 1 aromatic heterocycles. The molecule has 0 amide bonds. The van der Waals surface area contributed by atoms with Crippen LogP contribution in [-0.4, -0.2) is 9.97 Å². The highest BCUT2D eigenvalue weighted by molar-refractivity contribution is 9.10. The first kappa shape index (κ1) is 13.0. The lowest BCUT2D eigenvalue weighted by Gasteiger charge is -2.09. The monoisotopic (exact) mass is 309 g/mol. The van der Waals surface area contributed by atoms with Crippen molar-refractivity contribution in [3.63, 3.8) is 0 Å². The SMILES string of the molecule is CCc1nc(-c2cc(F)cc(Br)c2)nc(N)c1C. The van der Waals surface area contributed by atoms with Crippen LogP contribution in [0.25, 0.3) is 11.4 Å². The summed E-state index contributed by atoms with van der Waals surface area (Å²) < 4.78 is 14.0. The Bertz CT molecular complexity index is 579. The lowest BCUT2D eigenvalue weighted by atomic mass is 10.1. The van der Waals surface area contributed by atoms with E-state index >= 15 is 0 Å². The Balaban J connectivity index is 2.60. The Morgan fingerprint density at radius 3 is 2.61 bits per heavy atom. The first-order chi connectivity index (χ1) is 8.51. The number of halogens is 2. The van der Waals surface area contributed by atoms with Crippen LogP contribution in [0.4, 0.5) is 10.2 Å². The van der Waals surface area contributed by atoms with E-state index < -0.39 is 0 Å². The summed E-state index contributed by atoms with van der Waals surface area (Å²) in [5.74, 6) is 0.563. The van der Waals surface area contributed by atoms with Crippen LogP contribution >= 0.6 is 15.9 Å². The fourth-order valence-electron chi connectivity index (χ4n) is 1.74. The Morgan fingerprint density at radius 2 is 2.00 bits per heavy atom. The van der Waals surface area contributed by atoms with E-state index in [2.05, 4.69) is 25.9 Å². The van der Waals surface area contributed by atoms with Crippen molar-refractivity contribution in [2.24, 2.45) is 0 Å². The number of benzene rings is 1. The molecule has 0 saturated carbocycles. The smallest absolute Gasteiger partial charge is 0.161 e. The van der Waals surface area contributed by atoms with Gasteiger partial charge in [-0.15, -0.1) is 0 Å². The van der Waals surface area contributed by atoms with Crippen LogP contribution in [0.3, 0.4) is 0 Å². The number of nitrogen functional groups attached to an aromatic ring is 1. The van der Waals surface area contributed by atoms with Gasteiger partial charge in [-0.25, -0.2) is 14.4 Å². The van der Waals surface area contributed by atoms with Crippen molar-refractivity contribution >= 4 is 21.7 Å². The van der Waals surface area contributed by atoms with Gasteiger partial charge in [0.25, 0.3) is 0 Å². The van der Waals surface area contributed by atoms with E-state index in [1.54, 1.807) is 6.07 Å². The predicted octanol–water partition coefficient (Wildman–Crippen LogP) is 3.50. The Kier molecular flexibility index (Phi) is 3.61. The first-order valence-corrected chi connectivity index (χ1v) is 6.40. The zero-order valence-corrected chi connectivity index (χ0v) is 11.8. The van der Waals surface area contributed by atoms with Crippen LogP contribution in [0, 0.1) is 12.7 Å². The van der Waals surface area contributed by atoms with Gasteiger partial charge >= 0.3 is 0 Å². The number of rotatable bonds is 2. The van der Waals surface area contributed by atoms with Gasteiger partial charge in [0.05, 0.1) is 0 Å². The average Bonchev–Trinajstić information content (AvgIpc) is 2.31. The van der Waals surface area contributed by atoms with Crippen molar-refractivity contribution < 1.29 is 4.39 Å². The van der Waals surface area contributed by atoms with Crippen LogP contribution in [0.2, 0.25) is 0 Å². The van der Waals surface area contributed by atoms with Gasteiger partial charge in [0.2, 0.25) is 0 Å². The van der Waals surface area contributed by atoms with Crippen molar-refractivity contribution in [3.05, 3.63) is 39.7 Å². The van der Waals surface area contributed by atoms with Crippen LogP contribution < -0.4 is 5.73 Å². The average molecular weight is 310 g/mol. The molecule has 18 heavy (non-hydrogen) atoms. The molecule has 5 heteroatoms. The van der Waals surface area contributed by atoms with E-state index in [1.165, 1.54) is 12.1 Å². The summed E-state index contributed by atoms with van der Waals surface area (Å²) in [7, 11) is 0. The minimum Gasteiger partial charge on any atom is -0.383 e. The maximum atomic E-state index is 13.4. The zero-order valence-electron chi connectivity index (χ0n) is 10.2. The number of hydrogen-bond acceptors (Lipinski definition) is 3. The number of aromatic nitrogens is 2. The Morgan fingerprint density at radius 1 is 1.28 bits per heavy atom. The molecule has 2 rings (SSSR count). The van der Waals surface area contributed by atoms with Crippen molar-refractivity contribution in [2.45, 2.75) is 20.3 Å². The van der Waals surface area contributed by atoms with Gasteiger partial charge < -0.3 is 5.73 Å². The van der Waals surface area contributed by atoms with Gasteiger partial charge in [-0.05, 0) is 31.5 Å². The van der Waals surface area contributed by atoms with Gasteiger partial charge in [-0.1, -0.05) is 22.9 Å². The standard InChI is InChI=1S/C13H13BrFN3/c1-3-11-7(2)12(16)18-13(17-11)8-4-9(14)6-10(15)5-8/h4-6H,3H2,1-2H3,(H2,16,17,18). The third kappa shape index (κ3) is 2.51. The predicted molar refractivity (Wildman–Crippen MR) is 73.7 cm³/mol. The summed E-state index contributed by atoms with van der Waals surface area (Å²) in [5, 5.41) is 0. The zero-order chi connectivity index (χ0) is 13.3. The second-order valence-electron chi connectivity index (χ2n) is 4.02. The molecule has 0 radical (unpaired) electrons. The molecule has 0 spiro atoms. The highest BCUT2D eigenvalue weighted by Gasteiger charge is 2.10. The molecule has 0 saturated heterocycles. The minimum absolute atomic E-state index is 0.333. The number of nitrogens with zero attached hydrogens (tertiary/aromatic N) is 2. The quantitative estimate of drug-likeness (QED) is 0.923. The molecule has 3 nitrogen and oxygen atoms in total. The highest BCUT2D eigenvalue weighted by Crippen LogP contribution is 2.24. The summed E-state index contributed by atoms with van der Waals surface area (Å²) in [6.07, 6.45) is 0.766. The number of anilines is 1. The van der Waals surface area contributed by atoms with Gasteiger partial charge in [0, 0.05) is 21.3 Å². The van der Waals surface area contributed by atoms with Crippen LogP contribution in [0.1, 0.15) is 18.2 Å². The van der Waals surface area contributed by atoms with E-state index in [4.69, 9.17) is 5.73 Å². The van der Waals surface area contributed by atoms with Crippen LogP contribution in [-0.2, 0) is 6.42 Å². The van der Waals surface area contributed by atoms with E-state index in [0.29, 0.717) is 21.7 Å². The molecule has 0 unspecified atom stereocenters. The lowest BCUT2D eigenvalue weighted by molar-refractivity contribution is 0.627. The number of nitrogens with two attached hydrogens (primary N) is 1. The second-order valence-corrected chi connectivity index (χ2v) is 4.93. The maximum absolute atomic E-state index is 13.4. The molecule has 0 fully saturated rings. The van der Waals surface area contributed by atoms with Crippen molar-refractivity contribution in [1.82, 2.24) is 9.97 Å². The largest absolute Gasteiger partial charge is 0.383 e. The van der Waals surface area contributed by atoms with Crippen LogP contribution in [0.5, 0.6) is 0 Å². The van der Waals surface area contributed by atoms with Gasteiger partial charge in [0.1, 0.15) is 11.6 Å². The molecule has 1 aromatic carbocycles. The maximum Gasteiger partial charge on any atom is 0.161 e. The Labute approximate surface area is 113 Å². The van der Waals surface area contributed by atoms with E-state index in [9.17, 15) is 4.39 Å².